The molecule has 3 rings (SSSR count). The molecule has 1 atom stereocenters. The number of carbonyl (C=O) groups excluding carboxylic acids is 2. The van der Waals surface area contributed by atoms with Gasteiger partial charge in [0, 0.05) is 23.5 Å². The second kappa shape index (κ2) is 11.1. The highest BCUT2D eigenvalue weighted by Crippen LogP contribution is 2.15. The van der Waals surface area contributed by atoms with Crippen molar-refractivity contribution in [2.75, 3.05) is 17.2 Å². The average molecular weight is 416 g/mol. The van der Waals surface area contributed by atoms with Crippen LogP contribution in [-0.4, -0.2) is 29.3 Å². The predicted octanol–water partition coefficient (Wildman–Crippen LogP) is 5.18. The lowest BCUT2D eigenvalue weighted by molar-refractivity contribution is -0.121. The van der Waals surface area contributed by atoms with Gasteiger partial charge in [-0.05, 0) is 61.9 Å². The van der Waals surface area contributed by atoms with Gasteiger partial charge < -0.3 is 10.6 Å². The van der Waals surface area contributed by atoms with Crippen LogP contribution in [0.5, 0.6) is 0 Å². The molecule has 0 saturated heterocycles. The molecule has 0 heterocycles. The van der Waals surface area contributed by atoms with Crippen molar-refractivity contribution in [2.24, 2.45) is 0 Å². The summed E-state index contributed by atoms with van der Waals surface area (Å²) < 4.78 is 0. The van der Waals surface area contributed by atoms with E-state index in [1.54, 1.807) is 6.07 Å². The zero-order valence-electron chi connectivity index (χ0n) is 18.0. The number of amides is 2. The molecular formula is C26H29N3O2. The number of carbonyl (C=O) groups is 2. The summed E-state index contributed by atoms with van der Waals surface area (Å²) in [6.07, 6.45) is 0.928. The van der Waals surface area contributed by atoms with Crippen LogP contribution < -0.4 is 10.6 Å². The fraction of sp³-hybridized carbons (Fsp3) is 0.231. The highest BCUT2D eigenvalue weighted by molar-refractivity contribution is 6.04. The third kappa shape index (κ3) is 6.52. The van der Waals surface area contributed by atoms with Crippen molar-refractivity contribution in [1.29, 1.82) is 0 Å². The largest absolute Gasteiger partial charge is 0.325 e. The Bertz CT molecular complexity index is 990. The molecule has 2 N–H and O–H groups in total. The number of anilines is 2. The van der Waals surface area contributed by atoms with Gasteiger partial charge in [0.1, 0.15) is 0 Å². The molecule has 0 bridgehead atoms. The lowest BCUT2D eigenvalue weighted by Crippen LogP contribution is -2.42. The van der Waals surface area contributed by atoms with E-state index in [0.29, 0.717) is 12.1 Å². The molecule has 31 heavy (non-hydrogen) atoms. The van der Waals surface area contributed by atoms with E-state index >= 15 is 0 Å². The summed E-state index contributed by atoms with van der Waals surface area (Å²) in [5.41, 5.74) is 3.14. The molecule has 1 unspecified atom stereocenters. The van der Waals surface area contributed by atoms with Gasteiger partial charge in [-0.15, -0.1) is 0 Å². The van der Waals surface area contributed by atoms with Gasteiger partial charge in [0.05, 0.1) is 6.04 Å². The minimum atomic E-state index is -0.304. The van der Waals surface area contributed by atoms with Crippen LogP contribution >= 0.6 is 0 Å². The Kier molecular flexibility index (Phi) is 7.96. The predicted molar refractivity (Wildman–Crippen MR) is 126 cm³/mol. The lowest BCUT2D eigenvalue weighted by Gasteiger charge is -2.28. The molecule has 0 aromatic heterocycles. The Labute approximate surface area is 184 Å². The SMILES string of the molecule is CCCN(Cc1cccc(C(=O)Nc2ccccc2)c1)C(C)C(=O)Nc1ccccc1. The first kappa shape index (κ1) is 22.2. The number of para-hydroxylation sites is 2. The van der Waals surface area contributed by atoms with Gasteiger partial charge in [0.2, 0.25) is 5.91 Å². The summed E-state index contributed by atoms with van der Waals surface area (Å²) in [4.78, 5) is 27.5. The topological polar surface area (TPSA) is 61.4 Å². The Morgan fingerprint density at radius 1 is 0.839 bits per heavy atom. The van der Waals surface area contributed by atoms with Crippen molar-refractivity contribution >= 4 is 23.2 Å². The maximum absolute atomic E-state index is 12.8. The average Bonchev–Trinajstić information content (AvgIpc) is 2.80. The van der Waals surface area contributed by atoms with Crippen LogP contribution in [0.25, 0.3) is 0 Å². The quantitative estimate of drug-likeness (QED) is 0.506. The molecule has 0 aliphatic rings. The minimum absolute atomic E-state index is 0.0439. The molecule has 0 spiro atoms. The standard InChI is InChI=1S/C26H29N3O2/c1-3-17-29(20(2)25(30)27-23-13-6-4-7-14-23)19-21-11-10-12-22(18-21)26(31)28-24-15-8-5-9-16-24/h4-16,18,20H,3,17,19H2,1-2H3,(H,27,30)(H,28,31). The zero-order chi connectivity index (χ0) is 22.1. The number of rotatable bonds is 9. The van der Waals surface area contributed by atoms with Gasteiger partial charge in [0.15, 0.2) is 0 Å². The first-order valence-corrected chi connectivity index (χ1v) is 10.6. The van der Waals surface area contributed by atoms with Crippen LogP contribution in [0, 0.1) is 0 Å². The zero-order valence-corrected chi connectivity index (χ0v) is 18.0. The van der Waals surface area contributed by atoms with Crippen LogP contribution in [-0.2, 0) is 11.3 Å². The summed E-state index contributed by atoms with van der Waals surface area (Å²) in [5.74, 6) is -0.192. The van der Waals surface area contributed by atoms with Gasteiger partial charge in [0.25, 0.3) is 5.91 Å². The Morgan fingerprint density at radius 3 is 2.06 bits per heavy atom. The lowest BCUT2D eigenvalue weighted by atomic mass is 10.1. The van der Waals surface area contributed by atoms with E-state index in [2.05, 4.69) is 22.5 Å². The highest BCUT2D eigenvalue weighted by Gasteiger charge is 2.21. The van der Waals surface area contributed by atoms with Gasteiger partial charge in [-0.1, -0.05) is 55.5 Å². The second-order valence-electron chi connectivity index (χ2n) is 7.52. The first-order chi connectivity index (χ1) is 15.1. The van der Waals surface area contributed by atoms with Gasteiger partial charge in [-0.2, -0.15) is 0 Å². The molecule has 0 radical (unpaired) electrons. The monoisotopic (exact) mass is 415 g/mol. The summed E-state index contributed by atoms with van der Waals surface area (Å²) >= 11 is 0. The van der Waals surface area contributed by atoms with Crippen molar-refractivity contribution < 1.29 is 9.59 Å². The van der Waals surface area contributed by atoms with Crippen LogP contribution in [0.4, 0.5) is 11.4 Å². The van der Waals surface area contributed by atoms with E-state index < -0.39 is 0 Å². The molecule has 5 nitrogen and oxygen atoms in total. The molecule has 0 saturated carbocycles. The minimum Gasteiger partial charge on any atom is -0.325 e. The maximum Gasteiger partial charge on any atom is 0.255 e. The normalized spacial score (nSPS) is 11.7. The molecule has 3 aromatic rings. The number of nitrogens with one attached hydrogen (secondary N) is 2. The van der Waals surface area contributed by atoms with Crippen LogP contribution in [0.1, 0.15) is 36.2 Å². The van der Waals surface area contributed by atoms with Crippen LogP contribution in [0.2, 0.25) is 0 Å². The molecule has 0 fully saturated rings. The van der Waals surface area contributed by atoms with E-state index in [0.717, 1.165) is 29.9 Å². The fourth-order valence-electron chi connectivity index (χ4n) is 3.40. The van der Waals surface area contributed by atoms with E-state index in [9.17, 15) is 9.59 Å². The van der Waals surface area contributed by atoms with Crippen molar-refractivity contribution in [3.05, 3.63) is 96.1 Å². The third-order valence-electron chi connectivity index (χ3n) is 5.09. The fourth-order valence-corrected chi connectivity index (χ4v) is 3.40. The Balaban J connectivity index is 1.68. The molecule has 5 heteroatoms. The molecule has 2 amide bonds. The summed E-state index contributed by atoms with van der Waals surface area (Å²) in [7, 11) is 0. The first-order valence-electron chi connectivity index (χ1n) is 10.6. The molecule has 3 aromatic carbocycles. The van der Waals surface area contributed by atoms with E-state index in [4.69, 9.17) is 0 Å². The molecule has 160 valence electrons. The van der Waals surface area contributed by atoms with Crippen molar-refractivity contribution in [3.8, 4) is 0 Å². The van der Waals surface area contributed by atoms with Crippen molar-refractivity contribution in [3.63, 3.8) is 0 Å². The number of hydrogen-bond acceptors (Lipinski definition) is 3. The van der Waals surface area contributed by atoms with Crippen molar-refractivity contribution in [2.45, 2.75) is 32.9 Å². The van der Waals surface area contributed by atoms with Crippen molar-refractivity contribution in [1.82, 2.24) is 4.90 Å². The van der Waals surface area contributed by atoms with Crippen LogP contribution in [0.15, 0.2) is 84.9 Å². The number of nitrogens with zero attached hydrogens (tertiary/aromatic N) is 1. The molecule has 0 aliphatic heterocycles. The molecular weight excluding hydrogens is 386 g/mol. The summed E-state index contributed by atoms with van der Waals surface area (Å²) in [6, 6.07) is 26.1. The van der Waals surface area contributed by atoms with E-state index in [1.807, 2.05) is 85.8 Å². The van der Waals surface area contributed by atoms with Gasteiger partial charge >= 0.3 is 0 Å². The smallest absolute Gasteiger partial charge is 0.255 e. The highest BCUT2D eigenvalue weighted by atomic mass is 16.2. The van der Waals surface area contributed by atoms with Crippen LogP contribution in [0.3, 0.4) is 0 Å². The molecule has 0 aliphatic carbocycles. The Hall–Kier alpha value is -3.44. The van der Waals surface area contributed by atoms with E-state index in [-0.39, 0.29) is 17.9 Å². The van der Waals surface area contributed by atoms with Gasteiger partial charge in [-0.25, -0.2) is 0 Å². The number of hydrogen-bond donors (Lipinski definition) is 2. The van der Waals surface area contributed by atoms with Gasteiger partial charge in [-0.3, -0.25) is 14.5 Å². The summed E-state index contributed by atoms with van der Waals surface area (Å²) in [6.45, 7) is 5.38. The summed E-state index contributed by atoms with van der Waals surface area (Å²) in [5, 5.41) is 5.89. The third-order valence-corrected chi connectivity index (χ3v) is 5.09. The maximum atomic E-state index is 12.8. The van der Waals surface area contributed by atoms with E-state index in [1.165, 1.54) is 0 Å². The second-order valence-corrected chi connectivity index (χ2v) is 7.52. The Morgan fingerprint density at radius 2 is 1.45 bits per heavy atom. The number of benzene rings is 3.